The predicted octanol–water partition coefficient (Wildman–Crippen LogP) is 3.90. The molecular weight excluding hydrogens is 474 g/mol. The molecule has 0 radical (unpaired) electrons. The molecule has 0 unspecified atom stereocenters. The van der Waals surface area contributed by atoms with E-state index in [1.807, 2.05) is 0 Å². The molecule has 1 aliphatic rings. The third-order valence-electron chi connectivity index (χ3n) is 5.56. The number of ether oxygens (including phenoxy) is 2. The summed E-state index contributed by atoms with van der Waals surface area (Å²) in [6.45, 7) is 6.87. The van der Waals surface area contributed by atoms with Crippen molar-refractivity contribution in [2.24, 2.45) is 18.0 Å². The number of hydrogen-bond donors (Lipinski definition) is 2. The molecule has 0 saturated heterocycles. The summed E-state index contributed by atoms with van der Waals surface area (Å²) in [5.41, 5.74) is 1.85. The van der Waals surface area contributed by atoms with Crippen LogP contribution < -0.4 is 10.6 Å². The van der Waals surface area contributed by atoms with Crippen LogP contribution in [0.1, 0.15) is 26.7 Å². The second-order valence-corrected chi connectivity index (χ2v) is 8.29. The number of aryl methyl sites for hydroxylation is 1. The van der Waals surface area contributed by atoms with Gasteiger partial charge in [-0.1, -0.05) is 29.0 Å². The molecule has 2 amide bonds. The van der Waals surface area contributed by atoms with Gasteiger partial charge in [-0.3, -0.25) is 20.1 Å². The number of carbonyl (C=O) groups excluding carboxylic acids is 2. The van der Waals surface area contributed by atoms with E-state index in [4.69, 9.17) is 21.1 Å². The number of allylic oxidation sites excluding steroid dienone is 1. The Kier molecular flexibility index (Phi) is 8.72. The van der Waals surface area contributed by atoms with E-state index in [9.17, 15) is 9.59 Å². The Labute approximate surface area is 208 Å². The zero-order valence-electron chi connectivity index (χ0n) is 20.0. The van der Waals surface area contributed by atoms with Crippen molar-refractivity contribution >= 4 is 41.8 Å². The second kappa shape index (κ2) is 11.7. The van der Waals surface area contributed by atoms with Crippen molar-refractivity contribution in [1.29, 1.82) is 0 Å². The molecule has 1 fully saturated rings. The van der Waals surface area contributed by atoms with E-state index in [0.29, 0.717) is 35.5 Å². The lowest BCUT2D eigenvalue weighted by molar-refractivity contribution is -0.127. The fraction of sp³-hybridized carbons (Fsp3) is 0.391. The summed E-state index contributed by atoms with van der Waals surface area (Å²) in [6.07, 6.45) is 5.10. The lowest BCUT2D eigenvalue weighted by Crippen LogP contribution is -2.38. The fourth-order valence-corrected chi connectivity index (χ4v) is 3.70. The van der Waals surface area contributed by atoms with Crippen molar-refractivity contribution in [3.63, 3.8) is 0 Å². The highest BCUT2D eigenvalue weighted by molar-refractivity contribution is 6.30. The van der Waals surface area contributed by atoms with Gasteiger partial charge in [-0.25, -0.2) is 9.48 Å². The van der Waals surface area contributed by atoms with Crippen molar-refractivity contribution in [2.75, 3.05) is 17.7 Å². The van der Waals surface area contributed by atoms with Crippen molar-refractivity contribution in [1.82, 2.24) is 20.0 Å². The number of amides is 2. The minimum atomic E-state index is -0.738. The first kappa shape index (κ1) is 26.0. The average Bonchev–Trinajstić information content (AvgIpc) is 3.16. The number of anilines is 2. The molecular formula is C23H28ClN7O4. The van der Waals surface area contributed by atoms with Crippen LogP contribution in [0, 0.1) is 5.92 Å². The molecule has 1 saturated carbocycles. The van der Waals surface area contributed by atoms with Gasteiger partial charge in [0.2, 0.25) is 5.91 Å². The topological polar surface area (TPSA) is 133 Å². The van der Waals surface area contributed by atoms with Crippen LogP contribution in [0.3, 0.4) is 0 Å². The van der Waals surface area contributed by atoms with E-state index in [-0.39, 0.29) is 28.9 Å². The number of nitrogens with zero attached hydrogens (tertiary/aromatic N) is 5. The summed E-state index contributed by atoms with van der Waals surface area (Å²) >= 11 is 6.07. The van der Waals surface area contributed by atoms with Crippen LogP contribution in [-0.4, -0.2) is 58.0 Å². The molecule has 3 rings (SSSR count). The van der Waals surface area contributed by atoms with E-state index in [1.165, 1.54) is 10.9 Å². The number of aliphatic imine (C=N–C) groups is 1. The average molecular weight is 502 g/mol. The number of aromatic nitrogens is 4. The van der Waals surface area contributed by atoms with Crippen LogP contribution in [-0.2, 0) is 21.3 Å². The Bertz CT molecular complexity index is 1140. The summed E-state index contributed by atoms with van der Waals surface area (Å²) in [4.78, 5) is 33.0. The summed E-state index contributed by atoms with van der Waals surface area (Å²) in [5.74, 6) is 0.157. The van der Waals surface area contributed by atoms with Gasteiger partial charge < -0.3 is 14.8 Å². The largest absolute Gasteiger partial charge is 0.441 e. The van der Waals surface area contributed by atoms with E-state index in [1.54, 1.807) is 52.3 Å². The monoisotopic (exact) mass is 501 g/mol. The maximum atomic E-state index is 12.6. The summed E-state index contributed by atoms with van der Waals surface area (Å²) in [5, 5.41) is 13.7. The molecule has 2 aromatic rings. The van der Waals surface area contributed by atoms with Gasteiger partial charge in [-0.05, 0) is 45.5 Å². The van der Waals surface area contributed by atoms with Crippen LogP contribution >= 0.6 is 11.6 Å². The van der Waals surface area contributed by atoms with Crippen LogP contribution in [0.15, 0.2) is 46.2 Å². The summed E-state index contributed by atoms with van der Waals surface area (Å²) in [7, 11) is 3.27. The Balaban J connectivity index is 1.67. The van der Waals surface area contributed by atoms with Gasteiger partial charge in [0.15, 0.2) is 11.5 Å². The molecule has 1 aliphatic carbocycles. The highest BCUT2D eigenvalue weighted by Crippen LogP contribution is 2.31. The SMILES string of the molecule is C=N/C(Cl)=C(\C=C/C)[C@@H](C)OC(=O)Nc1c(-c2ccc(NC(=O)[C@H]3C[C@@H](OC)C3)cn2)nnn1C. The predicted molar refractivity (Wildman–Crippen MR) is 133 cm³/mol. The molecule has 11 nitrogen and oxygen atoms in total. The molecule has 186 valence electrons. The van der Waals surface area contributed by atoms with E-state index in [0.717, 1.165) is 0 Å². The van der Waals surface area contributed by atoms with E-state index < -0.39 is 12.2 Å². The maximum Gasteiger partial charge on any atom is 0.413 e. The minimum absolute atomic E-state index is 0.0651. The number of hydrogen-bond acceptors (Lipinski definition) is 8. The minimum Gasteiger partial charge on any atom is -0.441 e. The summed E-state index contributed by atoms with van der Waals surface area (Å²) in [6, 6.07) is 3.39. The first-order chi connectivity index (χ1) is 16.8. The molecule has 12 heteroatoms. The molecule has 1 atom stereocenters. The normalized spacial score (nSPS) is 18.9. The van der Waals surface area contributed by atoms with E-state index >= 15 is 0 Å². The molecule has 2 heterocycles. The Morgan fingerprint density at radius 3 is 2.69 bits per heavy atom. The third kappa shape index (κ3) is 6.31. The lowest BCUT2D eigenvalue weighted by Gasteiger charge is -2.32. The second-order valence-electron chi connectivity index (χ2n) is 7.93. The van der Waals surface area contributed by atoms with Crippen molar-refractivity contribution in [2.45, 2.75) is 38.9 Å². The molecule has 0 aromatic carbocycles. The van der Waals surface area contributed by atoms with Crippen molar-refractivity contribution < 1.29 is 19.1 Å². The number of halogens is 1. The molecule has 0 spiro atoms. The zero-order chi connectivity index (χ0) is 25.5. The Morgan fingerprint density at radius 2 is 2.09 bits per heavy atom. The van der Waals surface area contributed by atoms with Gasteiger partial charge >= 0.3 is 6.09 Å². The van der Waals surface area contributed by atoms with Gasteiger partial charge in [0.1, 0.15) is 11.3 Å². The van der Waals surface area contributed by atoms with Gasteiger partial charge in [0.05, 0.1) is 23.7 Å². The van der Waals surface area contributed by atoms with Gasteiger partial charge in [0.25, 0.3) is 0 Å². The van der Waals surface area contributed by atoms with Crippen LogP contribution in [0.4, 0.5) is 16.3 Å². The first-order valence-electron chi connectivity index (χ1n) is 10.9. The van der Waals surface area contributed by atoms with Crippen molar-refractivity contribution in [3.8, 4) is 11.4 Å². The Morgan fingerprint density at radius 1 is 1.34 bits per heavy atom. The highest BCUT2D eigenvalue weighted by atomic mass is 35.5. The van der Waals surface area contributed by atoms with Crippen molar-refractivity contribution in [3.05, 3.63) is 41.2 Å². The third-order valence-corrected chi connectivity index (χ3v) is 5.90. The summed E-state index contributed by atoms with van der Waals surface area (Å²) < 4.78 is 12.1. The smallest absolute Gasteiger partial charge is 0.413 e. The van der Waals surface area contributed by atoms with Crippen LogP contribution in [0.5, 0.6) is 0 Å². The van der Waals surface area contributed by atoms with Crippen LogP contribution in [0.25, 0.3) is 11.4 Å². The quantitative estimate of drug-likeness (QED) is 0.302. The number of carbonyl (C=O) groups is 2. The zero-order valence-corrected chi connectivity index (χ0v) is 20.7. The Hall–Kier alpha value is -3.57. The number of methoxy groups -OCH3 is 1. The lowest BCUT2D eigenvalue weighted by atomic mass is 9.81. The first-order valence-corrected chi connectivity index (χ1v) is 11.3. The van der Waals surface area contributed by atoms with Gasteiger partial charge in [-0.2, -0.15) is 0 Å². The number of pyridine rings is 1. The molecule has 35 heavy (non-hydrogen) atoms. The molecule has 2 aromatic heterocycles. The van der Waals surface area contributed by atoms with Gasteiger partial charge in [-0.15, -0.1) is 5.10 Å². The fourth-order valence-electron chi connectivity index (χ4n) is 3.49. The molecule has 0 aliphatic heterocycles. The molecule has 2 N–H and O–H groups in total. The maximum absolute atomic E-state index is 12.6. The molecule has 0 bridgehead atoms. The highest BCUT2D eigenvalue weighted by Gasteiger charge is 2.34. The van der Waals surface area contributed by atoms with Crippen LogP contribution in [0.2, 0.25) is 0 Å². The number of rotatable bonds is 9. The number of nitrogens with one attached hydrogen (secondary N) is 2. The van der Waals surface area contributed by atoms with E-state index in [2.05, 4.69) is 37.6 Å². The standard InChI is InChI=1S/C23H28ClN7O4/c1-6-7-17(20(24)25-3)13(2)35-23(33)28-21-19(29-30-31(21)4)18-9-8-15(12-26-18)27-22(32)14-10-16(11-14)34-5/h6-9,12-14,16H,3,10-11H2,1-2,4-5H3,(H,27,32)(H,28,33)/b7-6-,20-17+/t13-,14-,16+/m1/s1. The van der Waals surface area contributed by atoms with Gasteiger partial charge in [0, 0.05) is 25.6 Å².